The number of hydroxylamine groups is 2. The second kappa shape index (κ2) is 6.08. The van der Waals surface area contributed by atoms with Crippen LogP contribution in [0.4, 0.5) is 0 Å². The fraction of sp³-hybridized carbons (Fsp3) is 0.909. The van der Waals surface area contributed by atoms with Gasteiger partial charge in [0.2, 0.25) is 0 Å². The number of hydrogen-bond acceptors (Lipinski definition) is 4. The van der Waals surface area contributed by atoms with Crippen molar-refractivity contribution in [3.63, 3.8) is 0 Å². The molecule has 0 aromatic rings. The molecule has 0 aliphatic carbocycles. The molecule has 0 aromatic carbocycles. The first-order valence-electron chi connectivity index (χ1n) is 5.79. The Morgan fingerprint density at radius 3 is 2.73 bits per heavy atom. The van der Waals surface area contributed by atoms with Crippen LogP contribution in [0.2, 0.25) is 0 Å². The van der Waals surface area contributed by atoms with Crippen molar-refractivity contribution < 1.29 is 9.53 Å². The number of nitrogens with zero attached hydrogens (tertiary/aromatic N) is 1. The van der Waals surface area contributed by atoms with E-state index < -0.39 is 0 Å². The lowest BCUT2D eigenvalue weighted by molar-refractivity contribution is -0.150. The largest absolute Gasteiger partial charge is 0.785 e. The summed E-state index contributed by atoms with van der Waals surface area (Å²) in [7, 11) is 0. The first kappa shape index (κ1) is 12.5. The second-order valence-electron chi connectivity index (χ2n) is 4.07. The minimum Gasteiger partial charge on any atom is -0.785 e. The van der Waals surface area contributed by atoms with Crippen molar-refractivity contribution in [1.82, 2.24) is 5.06 Å². The molecule has 0 amide bonds. The molecule has 0 aromatic heterocycles. The summed E-state index contributed by atoms with van der Waals surface area (Å²) in [5, 5.41) is 12.7. The monoisotopic (exact) mass is 214 g/mol. The van der Waals surface area contributed by atoms with E-state index in [1.165, 1.54) is 0 Å². The van der Waals surface area contributed by atoms with E-state index in [1.54, 1.807) is 6.92 Å². The Kier molecular flexibility index (Phi) is 5.05. The van der Waals surface area contributed by atoms with Crippen LogP contribution in [0.15, 0.2) is 0 Å². The van der Waals surface area contributed by atoms with Gasteiger partial charge < -0.3 is 15.0 Å². The molecule has 88 valence electrons. The van der Waals surface area contributed by atoms with Gasteiger partial charge in [-0.25, -0.2) is 0 Å². The minimum atomic E-state index is -0.215. The van der Waals surface area contributed by atoms with Crippen LogP contribution in [0.25, 0.3) is 0 Å². The number of carbonyl (C=O) groups is 1. The van der Waals surface area contributed by atoms with Crippen LogP contribution < -0.4 is 0 Å². The lowest BCUT2D eigenvalue weighted by atomic mass is 9.92. The summed E-state index contributed by atoms with van der Waals surface area (Å²) in [5.41, 5.74) is 0. The Labute approximate surface area is 91.2 Å². The number of esters is 1. The second-order valence-corrected chi connectivity index (χ2v) is 4.07. The smallest absolute Gasteiger partial charge is 0.310 e. The van der Waals surface area contributed by atoms with Gasteiger partial charge in [-0.2, -0.15) is 0 Å². The van der Waals surface area contributed by atoms with Gasteiger partial charge >= 0.3 is 5.97 Å². The van der Waals surface area contributed by atoms with E-state index >= 15 is 0 Å². The molecule has 1 saturated heterocycles. The highest BCUT2D eigenvalue weighted by molar-refractivity contribution is 5.72. The zero-order valence-electron chi connectivity index (χ0n) is 9.57. The topological polar surface area (TPSA) is 52.6 Å². The van der Waals surface area contributed by atoms with E-state index in [0.29, 0.717) is 13.2 Å². The standard InChI is InChI=1S/C11H20NO3/c1-3-5-10-7-6-9(8-12(10)14)11(13)15-4-2/h9-10H,3-8H2,1-2H3/q-1. The molecule has 0 N–H and O–H groups in total. The highest BCUT2D eigenvalue weighted by Gasteiger charge is 2.27. The summed E-state index contributed by atoms with van der Waals surface area (Å²) in [4.78, 5) is 11.4. The molecule has 0 saturated carbocycles. The summed E-state index contributed by atoms with van der Waals surface area (Å²) in [6.07, 6.45) is 3.57. The zero-order valence-corrected chi connectivity index (χ0v) is 9.57. The van der Waals surface area contributed by atoms with Crippen molar-refractivity contribution in [3.05, 3.63) is 5.21 Å². The van der Waals surface area contributed by atoms with Gasteiger partial charge in [0.25, 0.3) is 0 Å². The van der Waals surface area contributed by atoms with Gasteiger partial charge in [-0.05, 0) is 38.8 Å². The van der Waals surface area contributed by atoms with Gasteiger partial charge in [0.05, 0.1) is 12.5 Å². The maximum atomic E-state index is 11.6. The molecule has 2 unspecified atom stereocenters. The number of ether oxygens (including phenoxy) is 1. The lowest BCUT2D eigenvalue weighted by Gasteiger charge is -2.43. The molecule has 1 heterocycles. The molecule has 1 aliphatic rings. The summed E-state index contributed by atoms with van der Waals surface area (Å²) < 4.78 is 4.92. The number of piperidine rings is 1. The van der Waals surface area contributed by atoms with Gasteiger partial charge in [0, 0.05) is 0 Å². The van der Waals surface area contributed by atoms with Gasteiger partial charge in [0.15, 0.2) is 0 Å². The predicted octanol–water partition coefficient (Wildman–Crippen LogP) is 1.93. The van der Waals surface area contributed by atoms with Crippen LogP contribution in [0.3, 0.4) is 0 Å². The van der Waals surface area contributed by atoms with E-state index in [0.717, 1.165) is 30.7 Å². The summed E-state index contributed by atoms with van der Waals surface area (Å²) in [6.45, 7) is 4.57. The Morgan fingerprint density at radius 2 is 2.20 bits per heavy atom. The Morgan fingerprint density at radius 1 is 1.47 bits per heavy atom. The van der Waals surface area contributed by atoms with Gasteiger partial charge in [-0.3, -0.25) is 4.79 Å². The molecule has 1 fully saturated rings. The van der Waals surface area contributed by atoms with E-state index in [4.69, 9.17) is 4.74 Å². The molecule has 15 heavy (non-hydrogen) atoms. The third kappa shape index (κ3) is 3.47. The predicted molar refractivity (Wildman–Crippen MR) is 58.1 cm³/mol. The normalized spacial score (nSPS) is 27.7. The summed E-state index contributed by atoms with van der Waals surface area (Å²) in [6, 6.07) is 0.112. The molecular formula is C11H20NO3-. The Balaban J connectivity index is 2.39. The fourth-order valence-electron chi connectivity index (χ4n) is 2.07. The summed E-state index contributed by atoms with van der Waals surface area (Å²) in [5.74, 6) is -0.427. The molecule has 1 aliphatic heterocycles. The van der Waals surface area contributed by atoms with E-state index in [-0.39, 0.29) is 17.9 Å². The van der Waals surface area contributed by atoms with Crippen LogP contribution >= 0.6 is 0 Å². The van der Waals surface area contributed by atoms with Crippen LogP contribution in [0.1, 0.15) is 39.5 Å². The van der Waals surface area contributed by atoms with Crippen molar-refractivity contribution in [2.24, 2.45) is 5.92 Å². The van der Waals surface area contributed by atoms with Crippen LogP contribution in [0, 0.1) is 11.1 Å². The molecule has 1 rings (SSSR count). The van der Waals surface area contributed by atoms with Crippen molar-refractivity contribution in [3.8, 4) is 0 Å². The van der Waals surface area contributed by atoms with E-state index in [2.05, 4.69) is 6.92 Å². The first-order valence-corrected chi connectivity index (χ1v) is 5.79. The maximum absolute atomic E-state index is 11.6. The quantitative estimate of drug-likeness (QED) is 0.671. The number of hydrogen-bond donors (Lipinski definition) is 0. The Hall–Kier alpha value is -0.610. The van der Waals surface area contributed by atoms with Gasteiger partial charge in [-0.15, -0.1) is 0 Å². The van der Waals surface area contributed by atoms with Crippen molar-refractivity contribution in [1.29, 1.82) is 0 Å². The minimum absolute atomic E-state index is 0.112. The van der Waals surface area contributed by atoms with Gasteiger partial charge in [-0.1, -0.05) is 13.3 Å². The molecular weight excluding hydrogens is 194 g/mol. The number of carbonyl (C=O) groups excluding carboxylic acids is 1. The third-order valence-electron chi connectivity index (χ3n) is 2.90. The average molecular weight is 214 g/mol. The molecule has 0 bridgehead atoms. The zero-order chi connectivity index (χ0) is 11.3. The van der Waals surface area contributed by atoms with E-state index in [1.807, 2.05) is 0 Å². The van der Waals surface area contributed by atoms with Crippen molar-refractivity contribution >= 4 is 5.97 Å². The molecule has 0 spiro atoms. The summed E-state index contributed by atoms with van der Waals surface area (Å²) >= 11 is 0. The third-order valence-corrected chi connectivity index (χ3v) is 2.90. The molecule has 0 radical (unpaired) electrons. The highest BCUT2D eigenvalue weighted by atomic mass is 16.5. The average Bonchev–Trinajstić information content (AvgIpc) is 2.21. The van der Waals surface area contributed by atoms with Crippen LogP contribution in [0.5, 0.6) is 0 Å². The van der Waals surface area contributed by atoms with E-state index in [9.17, 15) is 10.0 Å². The van der Waals surface area contributed by atoms with Gasteiger partial charge in [0.1, 0.15) is 0 Å². The van der Waals surface area contributed by atoms with Crippen LogP contribution in [-0.4, -0.2) is 30.2 Å². The first-order chi connectivity index (χ1) is 7.19. The SMILES string of the molecule is CCCC1CCC(C(=O)OCC)CN1[O-]. The van der Waals surface area contributed by atoms with Crippen molar-refractivity contribution in [2.75, 3.05) is 13.2 Å². The highest BCUT2D eigenvalue weighted by Crippen LogP contribution is 2.24. The lowest BCUT2D eigenvalue weighted by Crippen LogP contribution is -2.42. The van der Waals surface area contributed by atoms with Crippen molar-refractivity contribution in [2.45, 2.75) is 45.6 Å². The molecule has 4 heteroatoms. The fourth-order valence-corrected chi connectivity index (χ4v) is 2.07. The number of rotatable bonds is 4. The Bertz CT molecular complexity index is 208. The maximum Gasteiger partial charge on any atom is 0.310 e. The van der Waals surface area contributed by atoms with Crippen LogP contribution in [-0.2, 0) is 9.53 Å². The molecule has 2 atom stereocenters. The molecule has 4 nitrogen and oxygen atoms in total.